The lowest BCUT2D eigenvalue weighted by Gasteiger charge is -2.16. The van der Waals surface area contributed by atoms with Gasteiger partial charge in [0.1, 0.15) is 18.0 Å². The van der Waals surface area contributed by atoms with Crippen molar-refractivity contribution in [3.8, 4) is 5.75 Å². The highest BCUT2D eigenvalue weighted by molar-refractivity contribution is 5.70. The Hall–Kier alpha value is -2.11. The number of esters is 1. The van der Waals surface area contributed by atoms with Gasteiger partial charge in [-0.05, 0) is 24.6 Å². The first-order valence-corrected chi connectivity index (χ1v) is 8.40. The number of epoxide rings is 1. The first kappa shape index (κ1) is 19.2. The first-order valence-electron chi connectivity index (χ1n) is 8.40. The minimum Gasteiger partial charge on any atom is -0.497 e. The Kier molecular flexibility index (Phi) is 7.22. The van der Waals surface area contributed by atoms with Gasteiger partial charge in [-0.1, -0.05) is 24.3 Å². The molecule has 25 heavy (non-hydrogen) atoms. The minimum absolute atomic E-state index is 0.0925. The van der Waals surface area contributed by atoms with Crippen LogP contribution >= 0.6 is 0 Å². The molecule has 4 atom stereocenters. The van der Waals surface area contributed by atoms with Crippen LogP contribution in [0.25, 0.3) is 0 Å². The van der Waals surface area contributed by atoms with Crippen LogP contribution in [0, 0.1) is 0 Å². The predicted molar refractivity (Wildman–Crippen MR) is 95.4 cm³/mol. The Labute approximate surface area is 149 Å². The minimum atomic E-state index is -0.389. The zero-order chi connectivity index (χ0) is 18.2. The number of hydrogen-bond donors (Lipinski definition) is 0. The number of rotatable bonds is 11. The summed E-state index contributed by atoms with van der Waals surface area (Å²) in [4.78, 5) is 12.0. The van der Waals surface area contributed by atoms with Crippen molar-refractivity contribution in [1.29, 1.82) is 0 Å². The molecule has 0 radical (unpaired) electrons. The number of hydrogen-bond acceptors (Lipinski definition) is 5. The van der Waals surface area contributed by atoms with E-state index >= 15 is 0 Å². The maximum absolute atomic E-state index is 12.0. The second-order valence-electron chi connectivity index (χ2n) is 6.05. The van der Waals surface area contributed by atoms with Crippen LogP contribution in [-0.4, -0.2) is 37.5 Å². The molecule has 1 aromatic rings. The summed E-state index contributed by atoms with van der Waals surface area (Å²) in [6, 6.07) is 7.58. The molecule has 1 aromatic carbocycles. The fourth-order valence-corrected chi connectivity index (χ4v) is 2.50. The number of ether oxygens (including phenoxy) is 4. The highest BCUT2D eigenvalue weighted by Gasteiger charge is 2.37. The van der Waals surface area contributed by atoms with Crippen molar-refractivity contribution in [3.05, 3.63) is 55.1 Å². The zero-order valence-electron chi connectivity index (χ0n) is 14.9. The summed E-state index contributed by atoms with van der Waals surface area (Å²) in [6.45, 7) is 9.66. The SMILES string of the molecule is C=C[C@@H](CC(=O)O[C@H](C)C[C@@H]1O[C@@H]1C=C)OCc1ccc(OC)cc1. The lowest BCUT2D eigenvalue weighted by Crippen LogP contribution is -2.22. The molecule has 1 saturated heterocycles. The molecular formula is C20H26O5. The molecule has 0 spiro atoms. The second-order valence-corrected chi connectivity index (χ2v) is 6.05. The standard InChI is InChI=1S/C20H26O5/c1-5-16(23-13-15-7-9-17(22-4)10-8-15)12-20(21)24-14(3)11-19-18(6-2)25-19/h5-10,14,16,18-19H,1-2,11-13H2,3-4H3/t14-,16+,18-,19+/m1/s1. The van der Waals surface area contributed by atoms with E-state index in [9.17, 15) is 4.79 Å². The van der Waals surface area contributed by atoms with E-state index < -0.39 is 0 Å². The van der Waals surface area contributed by atoms with Gasteiger partial charge in [0, 0.05) is 6.42 Å². The van der Waals surface area contributed by atoms with Gasteiger partial charge in [0.15, 0.2) is 0 Å². The normalized spacial score (nSPS) is 21.0. The van der Waals surface area contributed by atoms with E-state index in [1.165, 1.54) is 0 Å². The van der Waals surface area contributed by atoms with E-state index in [1.807, 2.05) is 31.2 Å². The molecule has 0 aliphatic carbocycles. The Bertz CT molecular complexity index is 580. The molecule has 1 heterocycles. The molecule has 0 unspecified atom stereocenters. The van der Waals surface area contributed by atoms with Gasteiger partial charge in [-0.2, -0.15) is 0 Å². The Morgan fingerprint density at radius 3 is 2.60 bits per heavy atom. The van der Waals surface area contributed by atoms with E-state index in [-0.39, 0.29) is 36.8 Å². The smallest absolute Gasteiger partial charge is 0.309 e. The monoisotopic (exact) mass is 346 g/mol. The summed E-state index contributed by atoms with van der Waals surface area (Å²) < 4.78 is 21.6. The van der Waals surface area contributed by atoms with E-state index in [0.29, 0.717) is 13.0 Å². The summed E-state index contributed by atoms with van der Waals surface area (Å²) in [7, 11) is 1.62. The van der Waals surface area contributed by atoms with Crippen LogP contribution < -0.4 is 4.74 Å². The van der Waals surface area contributed by atoms with Crippen molar-refractivity contribution in [2.24, 2.45) is 0 Å². The van der Waals surface area contributed by atoms with Crippen molar-refractivity contribution in [1.82, 2.24) is 0 Å². The quantitative estimate of drug-likeness (QED) is 0.349. The molecule has 1 fully saturated rings. The first-order chi connectivity index (χ1) is 12.0. The third kappa shape index (κ3) is 6.36. The fraction of sp³-hybridized carbons (Fsp3) is 0.450. The predicted octanol–water partition coefficient (Wildman–Crippen LogP) is 3.43. The molecule has 0 bridgehead atoms. The molecule has 1 aliphatic rings. The average Bonchev–Trinajstić information content (AvgIpc) is 3.36. The third-order valence-electron chi connectivity index (χ3n) is 4.00. The molecule has 1 aliphatic heterocycles. The molecule has 0 aromatic heterocycles. The molecule has 0 N–H and O–H groups in total. The van der Waals surface area contributed by atoms with Crippen LogP contribution in [0.1, 0.15) is 25.3 Å². The van der Waals surface area contributed by atoms with Crippen molar-refractivity contribution < 1.29 is 23.7 Å². The molecule has 0 amide bonds. The fourth-order valence-electron chi connectivity index (χ4n) is 2.50. The summed E-state index contributed by atoms with van der Waals surface area (Å²) >= 11 is 0. The number of carbonyl (C=O) groups is 1. The lowest BCUT2D eigenvalue weighted by molar-refractivity contribution is -0.151. The molecular weight excluding hydrogens is 320 g/mol. The number of benzene rings is 1. The summed E-state index contributed by atoms with van der Waals surface area (Å²) in [6.07, 6.45) is 3.81. The van der Waals surface area contributed by atoms with Crippen LogP contribution in [0.15, 0.2) is 49.6 Å². The van der Waals surface area contributed by atoms with Crippen molar-refractivity contribution in [3.63, 3.8) is 0 Å². The maximum Gasteiger partial charge on any atom is 0.309 e. The van der Waals surface area contributed by atoms with Crippen LogP contribution in [0.3, 0.4) is 0 Å². The number of methoxy groups -OCH3 is 1. The summed E-state index contributed by atoms with van der Waals surface area (Å²) in [5, 5.41) is 0. The molecule has 2 rings (SSSR count). The summed E-state index contributed by atoms with van der Waals surface area (Å²) in [5.41, 5.74) is 0.996. The molecule has 5 nitrogen and oxygen atoms in total. The van der Waals surface area contributed by atoms with Gasteiger partial charge in [-0.3, -0.25) is 4.79 Å². The Morgan fingerprint density at radius 2 is 2.04 bits per heavy atom. The van der Waals surface area contributed by atoms with E-state index in [0.717, 1.165) is 11.3 Å². The Morgan fingerprint density at radius 1 is 1.32 bits per heavy atom. The van der Waals surface area contributed by atoms with Crippen LogP contribution in [-0.2, 0) is 25.6 Å². The third-order valence-corrected chi connectivity index (χ3v) is 4.00. The van der Waals surface area contributed by atoms with E-state index in [2.05, 4.69) is 13.2 Å². The van der Waals surface area contributed by atoms with Crippen LogP contribution in [0.5, 0.6) is 5.75 Å². The maximum atomic E-state index is 12.0. The Balaban J connectivity index is 1.71. The highest BCUT2D eigenvalue weighted by Crippen LogP contribution is 2.28. The van der Waals surface area contributed by atoms with E-state index in [4.69, 9.17) is 18.9 Å². The summed E-state index contributed by atoms with van der Waals surface area (Å²) in [5.74, 6) is 0.489. The molecule has 5 heteroatoms. The van der Waals surface area contributed by atoms with Gasteiger partial charge in [-0.15, -0.1) is 13.2 Å². The van der Waals surface area contributed by atoms with Gasteiger partial charge in [0.05, 0.1) is 32.3 Å². The second kappa shape index (κ2) is 9.39. The van der Waals surface area contributed by atoms with Gasteiger partial charge in [0.25, 0.3) is 0 Å². The van der Waals surface area contributed by atoms with Gasteiger partial charge >= 0.3 is 5.97 Å². The molecule has 0 saturated carbocycles. The highest BCUT2D eigenvalue weighted by atomic mass is 16.6. The average molecular weight is 346 g/mol. The van der Waals surface area contributed by atoms with Crippen molar-refractivity contribution in [2.75, 3.05) is 7.11 Å². The van der Waals surface area contributed by atoms with Crippen LogP contribution in [0.2, 0.25) is 0 Å². The van der Waals surface area contributed by atoms with Crippen molar-refractivity contribution in [2.45, 2.75) is 50.8 Å². The van der Waals surface area contributed by atoms with Crippen LogP contribution in [0.4, 0.5) is 0 Å². The topological polar surface area (TPSA) is 57.3 Å². The lowest BCUT2D eigenvalue weighted by atomic mass is 10.1. The number of carbonyl (C=O) groups excluding carboxylic acids is 1. The van der Waals surface area contributed by atoms with Gasteiger partial charge in [-0.25, -0.2) is 0 Å². The largest absolute Gasteiger partial charge is 0.497 e. The molecule has 136 valence electrons. The van der Waals surface area contributed by atoms with Gasteiger partial charge in [0.2, 0.25) is 0 Å². The van der Waals surface area contributed by atoms with Gasteiger partial charge < -0.3 is 18.9 Å². The van der Waals surface area contributed by atoms with E-state index in [1.54, 1.807) is 19.3 Å². The van der Waals surface area contributed by atoms with Crippen molar-refractivity contribution >= 4 is 5.97 Å². The zero-order valence-corrected chi connectivity index (χ0v) is 14.9.